The highest BCUT2D eigenvalue weighted by atomic mass is 16.5. The van der Waals surface area contributed by atoms with Gasteiger partial charge >= 0.3 is 0 Å². The number of carbonyl (C=O) groups is 2. The van der Waals surface area contributed by atoms with Gasteiger partial charge in [-0.1, -0.05) is 0 Å². The van der Waals surface area contributed by atoms with E-state index >= 15 is 0 Å². The lowest BCUT2D eigenvalue weighted by Crippen LogP contribution is -2.39. The van der Waals surface area contributed by atoms with Crippen molar-refractivity contribution in [3.8, 4) is 0 Å². The minimum atomic E-state index is -0.310. The topological polar surface area (TPSA) is 58.6 Å². The summed E-state index contributed by atoms with van der Waals surface area (Å²) < 4.78 is 4.93. The summed E-state index contributed by atoms with van der Waals surface area (Å²) >= 11 is 0. The molecule has 0 aromatic rings. The van der Waals surface area contributed by atoms with Gasteiger partial charge < -0.3 is 10.1 Å². The van der Waals surface area contributed by atoms with E-state index in [1.807, 2.05) is 6.92 Å². The van der Waals surface area contributed by atoms with Crippen LogP contribution in [0.3, 0.4) is 0 Å². The number of hydrogen-bond donors (Lipinski definition) is 1. The first-order chi connectivity index (χ1) is 7.70. The van der Waals surface area contributed by atoms with Crippen molar-refractivity contribution in [2.75, 3.05) is 26.8 Å². The number of methoxy groups -OCH3 is 1. The molecule has 0 aromatic heterocycles. The maximum atomic E-state index is 11.7. The molecule has 0 saturated carbocycles. The molecule has 1 atom stereocenters. The molecule has 0 aromatic carbocycles. The number of unbranched alkanes of at least 4 members (excludes halogenated alkanes) is 1. The Morgan fingerprint density at radius 1 is 1.44 bits per heavy atom. The minimum Gasteiger partial charge on any atom is -0.385 e. The van der Waals surface area contributed by atoms with Crippen LogP contribution in [-0.4, -0.2) is 49.6 Å². The Balaban J connectivity index is 2.23. The molecule has 0 radical (unpaired) electrons. The van der Waals surface area contributed by atoms with E-state index in [-0.39, 0.29) is 17.9 Å². The summed E-state index contributed by atoms with van der Waals surface area (Å²) in [5.74, 6) is -0.152. The molecule has 0 aliphatic carbocycles. The first kappa shape index (κ1) is 13.1. The zero-order valence-corrected chi connectivity index (χ0v) is 9.99. The van der Waals surface area contributed by atoms with Gasteiger partial charge in [-0.15, -0.1) is 0 Å². The van der Waals surface area contributed by atoms with Crippen LogP contribution in [-0.2, 0) is 14.3 Å². The van der Waals surface area contributed by atoms with Gasteiger partial charge in [0.1, 0.15) is 0 Å². The van der Waals surface area contributed by atoms with Gasteiger partial charge in [-0.3, -0.25) is 14.5 Å². The Labute approximate surface area is 96.1 Å². The molecule has 1 fully saturated rings. The van der Waals surface area contributed by atoms with Crippen LogP contribution in [0.5, 0.6) is 0 Å². The number of nitrogens with zero attached hydrogens (tertiary/aromatic N) is 1. The third-order valence-corrected chi connectivity index (χ3v) is 2.73. The molecule has 1 saturated heterocycles. The molecule has 92 valence electrons. The molecule has 5 heteroatoms. The van der Waals surface area contributed by atoms with Crippen molar-refractivity contribution in [1.29, 1.82) is 0 Å². The minimum absolute atomic E-state index is 0.0677. The van der Waals surface area contributed by atoms with Crippen LogP contribution in [0.2, 0.25) is 0 Å². The number of amides is 2. The number of likely N-dealkylation sites (N-methyl/N-ethyl adjacent to an activating group) is 1. The smallest absolute Gasteiger partial charge is 0.246 e. The van der Waals surface area contributed by atoms with Crippen molar-refractivity contribution < 1.29 is 14.3 Å². The fourth-order valence-corrected chi connectivity index (χ4v) is 1.82. The van der Waals surface area contributed by atoms with E-state index in [0.717, 1.165) is 26.0 Å². The molecule has 5 nitrogen and oxygen atoms in total. The molecule has 2 amide bonds. The molecule has 1 rings (SSSR count). The standard InChI is InChI=1S/C11H20N2O3/c1-3-13-10(14)8-9(11(13)15)12-6-4-5-7-16-2/h9,12H,3-8H2,1-2H3. The lowest BCUT2D eigenvalue weighted by atomic mass is 10.2. The number of likely N-dealkylation sites (tertiary alicyclic amines) is 1. The Bertz CT molecular complexity index is 256. The maximum absolute atomic E-state index is 11.7. The van der Waals surface area contributed by atoms with Crippen LogP contribution in [0, 0.1) is 0 Å². The summed E-state index contributed by atoms with van der Waals surface area (Å²) in [5, 5.41) is 3.12. The van der Waals surface area contributed by atoms with Crippen LogP contribution in [0.15, 0.2) is 0 Å². The maximum Gasteiger partial charge on any atom is 0.246 e. The van der Waals surface area contributed by atoms with E-state index in [2.05, 4.69) is 5.32 Å². The van der Waals surface area contributed by atoms with Crippen molar-refractivity contribution in [1.82, 2.24) is 10.2 Å². The fraction of sp³-hybridized carbons (Fsp3) is 0.818. The number of carbonyl (C=O) groups excluding carboxylic acids is 2. The average molecular weight is 228 g/mol. The first-order valence-electron chi connectivity index (χ1n) is 5.77. The second-order valence-electron chi connectivity index (χ2n) is 3.89. The van der Waals surface area contributed by atoms with Gasteiger partial charge in [-0.25, -0.2) is 0 Å². The zero-order chi connectivity index (χ0) is 12.0. The van der Waals surface area contributed by atoms with E-state index in [9.17, 15) is 9.59 Å². The van der Waals surface area contributed by atoms with Gasteiger partial charge in [-0.2, -0.15) is 0 Å². The van der Waals surface area contributed by atoms with Gasteiger partial charge in [0.15, 0.2) is 0 Å². The van der Waals surface area contributed by atoms with Crippen LogP contribution >= 0.6 is 0 Å². The summed E-state index contributed by atoms with van der Waals surface area (Å²) in [6.07, 6.45) is 2.23. The van der Waals surface area contributed by atoms with Crippen LogP contribution in [0.1, 0.15) is 26.2 Å². The Hall–Kier alpha value is -0.940. The summed E-state index contributed by atoms with van der Waals surface area (Å²) in [7, 11) is 1.67. The number of imide groups is 1. The summed E-state index contributed by atoms with van der Waals surface area (Å²) in [6.45, 7) is 3.78. The van der Waals surface area contributed by atoms with Gasteiger partial charge in [0, 0.05) is 20.3 Å². The fourth-order valence-electron chi connectivity index (χ4n) is 1.82. The van der Waals surface area contributed by atoms with Crippen LogP contribution in [0.25, 0.3) is 0 Å². The molecule has 16 heavy (non-hydrogen) atoms. The third-order valence-electron chi connectivity index (χ3n) is 2.73. The summed E-state index contributed by atoms with van der Waals surface area (Å²) in [5.41, 5.74) is 0. The Morgan fingerprint density at radius 3 is 2.75 bits per heavy atom. The average Bonchev–Trinajstić information content (AvgIpc) is 2.53. The van der Waals surface area contributed by atoms with Gasteiger partial charge in [0.05, 0.1) is 12.5 Å². The highest BCUT2D eigenvalue weighted by Gasteiger charge is 2.36. The van der Waals surface area contributed by atoms with Crippen molar-refractivity contribution in [2.24, 2.45) is 0 Å². The SMILES string of the molecule is CCN1C(=O)CC(NCCCCOC)C1=O. The van der Waals surface area contributed by atoms with Crippen LogP contribution in [0.4, 0.5) is 0 Å². The van der Waals surface area contributed by atoms with Crippen molar-refractivity contribution in [3.05, 3.63) is 0 Å². The molecule has 1 heterocycles. The normalized spacial score (nSPS) is 20.9. The Kier molecular flexibility index (Phi) is 5.42. The summed E-state index contributed by atoms with van der Waals surface area (Å²) in [6, 6.07) is -0.310. The second-order valence-corrected chi connectivity index (χ2v) is 3.89. The third kappa shape index (κ3) is 3.28. The predicted molar refractivity (Wildman–Crippen MR) is 59.9 cm³/mol. The first-order valence-corrected chi connectivity index (χ1v) is 5.77. The zero-order valence-electron chi connectivity index (χ0n) is 9.99. The number of ether oxygens (including phenoxy) is 1. The van der Waals surface area contributed by atoms with E-state index in [4.69, 9.17) is 4.74 Å². The number of rotatable bonds is 7. The van der Waals surface area contributed by atoms with E-state index in [0.29, 0.717) is 13.0 Å². The monoisotopic (exact) mass is 228 g/mol. The van der Waals surface area contributed by atoms with Crippen LogP contribution < -0.4 is 5.32 Å². The quantitative estimate of drug-likeness (QED) is 0.498. The van der Waals surface area contributed by atoms with Gasteiger partial charge in [0.25, 0.3) is 0 Å². The van der Waals surface area contributed by atoms with Gasteiger partial charge in [0.2, 0.25) is 11.8 Å². The van der Waals surface area contributed by atoms with E-state index < -0.39 is 0 Å². The molecule has 1 N–H and O–H groups in total. The highest BCUT2D eigenvalue weighted by molar-refractivity contribution is 6.05. The Morgan fingerprint density at radius 2 is 2.19 bits per heavy atom. The predicted octanol–water partition coefficient (Wildman–Crippen LogP) is 0.150. The van der Waals surface area contributed by atoms with E-state index in [1.165, 1.54) is 4.90 Å². The molecule has 0 spiro atoms. The molecule has 0 bridgehead atoms. The van der Waals surface area contributed by atoms with E-state index in [1.54, 1.807) is 7.11 Å². The van der Waals surface area contributed by atoms with Crippen molar-refractivity contribution in [2.45, 2.75) is 32.2 Å². The lowest BCUT2D eigenvalue weighted by molar-refractivity contribution is -0.138. The largest absolute Gasteiger partial charge is 0.385 e. The summed E-state index contributed by atoms with van der Waals surface area (Å²) in [4.78, 5) is 24.4. The highest BCUT2D eigenvalue weighted by Crippen LogP contribution is 2.12. The lowest BCUT2D eigenvalue weighted by Gasteiger charge is -2.12. The van der Waals surface area contributed by atoms with Gasteiger partial charge in [-0.05, 0) is 26.3 Å². The number of hydrogen-bond acceptors (Lipinski definition) is 4. The van der Waals surface area contributed by atoms with Crippen molar-refractivity contribution in [3.63, 3.8) is 0 Å². The molecule has 1 aliphatic rings. The molecule has 1 aliphatic heterocycles. The molecule has 1 unspecified atom stereocenters. The molecular weight excluding hydrogens is 208 g/mol. The molecular formula is C11H20N2O3. The van der Waals surface area contributed by atoms with Crippen molar-refractivity contribution >= 4 is 11.8 Å². The number of nitrogens with one attached hydrogen (secondary N) is 1. The second kappa shape index (κ2) is 6.60.